The highest BCUT2D eigenvalue weighted by Crippen LogP contribution is 2.10. The van der Waals surface area contributed by atoms with Crippen LogP contribution in [0.4, 0.5) is 5.82 Å². The quantitative estimate of drug-likeness (QED) is 0.865. The smallest absolute Gasteiger partial charge is 0.257 e. The minimum Gasteiger partial charge on any atom is -0.319 e. The minimum absolute atomic E-state index is 0.222. The number of nitrogens with one attached hydrogen (secondary N) is 1. The van der Waals surface area contributed by atoms with Gasteiger partial charge in [-0.25, -0.2) is 4.98 Å². The van der Waals surface area contributed by atoms with Crippen molar-refractivity contribution in [1.82, 2.24) is 9.55 Å². The van der Waals surface area contributed by atoms with E-state index in [0.717, 1.165) is 5.56 Å². The highest BCUT2D eigenvalue weighted by Gasteiger charge is 2.09. The fourth-order valence-corrected chi connectivity index (χ4v) is 1.49. The van der Waals surface area contributed by atoms with Gasteiger partial charge in [0.05, 0.1) is 0 Å². The van der Waals surface area contributed by atoms with Crippen molar-refractivity contribution in [2.45, 2.75) is 6.92 Å². The average Bonchev–Trinajstić information content (AvgIpc) is 2.35. The number of nitrogens with zero attached hydrogens (tertiary/aromatic N) is 2. The molecule has 18 heavy (non-hydrogen) atoms. The van der Waals surface area contributed by atoms with Gasteiger partial charge in [-0.2, -0.15) is 0 Å². The molecule has 92 valence electrons. The number of aromatic nitrogens is 2. The summed E-state index contributed by atoms with van der Waals surface area (Å²) in [5.74, 6) is 0.165. The van der Waals surface area contributed by atoms with Crippen LogP contribution in [0.5, 0.6) is 0 Å². The van der Waals surface area contributed by atoms with E-state index < -0.39 is 0 Å². The van der Waals surface area contributed by atoms with Crippen molar-refractivity contribution in [3.63, 3.8) is 0 Å². The monoisotopic (exact) mass is 243 g/mol. The third kappa shape index (κ3) is 2.45. The summed E-state index contributed by atoms with van der Waals surface area (Å²) in [7, 11) is 1.63. The van der Waals surface area contributed by atoms with E-state index in [-0.39, 0.29) is 11.5 Å². The molecule has 0 aliphatic heterocycles. The van der Waals surface area contributed by atoms with Crippen LogP contribution in [-0.2, 0) is 7.05 Å². The van der Waals surface area contributed by atoms with Gasteiger partial charge in [0.2, 0.25) is 0 Å². The largest absolute Gasteiger partial charge is 0.319 e. The van der Waals surface area contributed by atoms with E-state index in [1.807, 2.05) is 13.0 Å². The molecular formula is C13H13N3O2. The van der Waals surface area contributed by atoms with Crippen LogP contribution in [0.3, 0.4) is 0 Å². The zero-order valence-corrected chi connectivity index (χ0v) is 10.2. The molecule has 2 aromatic heterocycles. The van der Waals surface area contributed by atoms with Crippen LogP contribution in [-0.4, -0.2) is 15.5 Å². The van der Waals surface area contributed by atoms with Crippen molar-refractivity contribution in [3.05, 3.63) is 58.1 Å². The molecule has 0 aliphatic carbocycles. The van der Waals surface area contributed by atoms with E-state index in [1.165, 1.54) is 10.6 Å². The first-order chi connectivity index (χ1) is 8.58. The van der Waals surface area contributed by atoms with Gasteiger partial charge in [-0.1, -0.05) is 6.07 Å². The van der Waals surface area contributed by atoms with Crippen LogP contribution >= 0.6 is 0 Å². The number of carbonyl (C=O) groups excluding carboxylic acids is 1. The number of carbonyl (C=O) groups is 1. The van der Waals surface area contributed by atoms with Crippen molar-refractivity contribution in [2.75, 3.05) is 5.32 Å². The molecule has 0 atom stereocenters. The lowest BCUT2D eigenvalue weighted by Crippen LogP contribution is -2.20. The molecule has 5 heteroatoms. The second-order valence-corrected chi connectivity index (χ2v) is 3.99. The highest BCUT2D eigenvalue weighted by atomic mass is 16.2. The maximum absolute atomic E-state index is 11.9. The van der Waals surface area contributed by atoms with E-state index in [0.29, 0.717) is 11.4 Å². The van der Waals surface area contributed by atoms with Crippen molar-refractivity contribution >= 4 is 11.7 Å². The Bertz CT molecular complexity index is 647. The van der Waals surface area contributed by atoms with Crippen LogP contribution in [0.15, 0.2) is 41.5 Å². The van der Waals surface area contributed by atoms with Crippen LogP contribution in [0, 0.1) is 6.92 Å². The Kier molecular flexibility index (Phi) is 3.23. The van der Waals surface area contributed by atoms with Crippen molar-refractivity contribution in [2.24, 2.45) is 7.05 Å². The normalized spacial score (nSPS) is 10.1. The molecule has 0 saturated heterocycles. The molecule has 0 unspecified atom stereocenters. The van der Waals surface area contributed by atoms with E-state index >= 15 is 0 Å². The molecule has 0 saturated carbocycles. The van der Waals surface area contributed by atoms with E-state index in [9.17, 15) is 9.59 Å². The Morgan fingerprint density at radius 2 is 2.17 bits per heavy atom. The topological polar surface area (TPSA) is 64.0 Å². The lowest BCUT2D eigenvalue weighted by molar-refractivity contribution is 0.102. The van der Waals surface area contributed by atoms with E-state index in [2.05, 4.69) is 10.3 Å². The number of aryl methyl sites for hydroxylation is 2. The molecular weight excluding hydrogens is 230 g/mol. The van der Waals surface area contributed by atoms with Gasteiger partial charge in [-0.05, 0) is 24.6 Å². The molecule has 2 heterocycles. The number of rotatable bonds is 2. The summed E-state index contributed by atoms with van der Waals surface area (Å²) in [6.45, 7) is 1.85. The second kappa shape index (κ2) is 4.83. The molecule has 0 aliphatic rings. The van der Waals surface area contributed by atoms with Gasteiger partial charge in [-0.3, -0.25) is 9.59 Å². The number of hydrogen-bond donors (Lipinski definition) is 1. The summed E-state index contributed by atoms with van der Waals surface area (Å²) >= 11 is 0. The number of amides is 1. The van der Waals surface area contributed by atoms with Gasteiger partial charge >= 0.3 is 0 Å². The molecule has 0 radical (unpaired) electrons. The molecule has 1 N–H and O–H groups in total. The van der Waals surface area contributed by atoms with E-state index in [1.54, 1.807) is 31.6 Å². The Morgan fingerprint density at radius 3 is 2.83 bits per heavy atom. The van der Waals surface area contributed by atoms with Gasteiger partial charge in [0.15, 0.2) is 0 Å². The number of pyridine rings is 2. The first kappa shape index (κ1) is 12.0. The van der Waals surface area contributed by atoms with Gasteiger partial charge < -0.3 is 9.88 Å². The molecule has 2 aromatic rings. The summed E-state index contributed by atoms with van der Waals surface area (Å²) < 4.78 is 1.41. The molecule has 0 bridgehead atoms. The first-order valence-corrected chi connectivity index (χ1v) is 5.47. The fraction of sp³-hybridized carbons (Fsp3) is 0.154. The maximum atomic E-state index is 11.9. The highest BCUT2D eigenvalue weighted by molar-refractivity contribution is 6.03. The Labute approximate surface area is 104 Å². The molecule has 0 spiro atoms. The van der Waals surface area contributed by atoms with Crippen molar-refractivity contribution < 1.29 is 4.79 Å². The predicted molar refractivity (Wildman–Crippen MR) is 68.6 cm³/mol. The van der Waals surface area contributed by atoms with Gasteiger partial charge in [0, 0.05) is 31.1 Å². The third-order valence-electron chi connectivity index (χ3n) is 2.61. The van der Waals surface area contributed by atoms with Gasteiger partial charge in [0.1, 0.15) is 5.82 Å². The summed E-state index contributed by atoms with van der Waals surface area (Å²) in [5, 5.41) is 2.67. The van der Waals surface area contributed by atoms with Gasteiger partial charge in [0.25, 0.3) is 11.5 Å². The summed E-state index contributed by atoms with van der Waals surface area (Å²) in [6, 6.07) is 6.54. The van der Waals surface area contributed by atoms with Gasteiger partial charge in [-0.15, -0.1) is 0 Å². The van der Waals surface area contributed by atoms with Crippen LogP contribution in [0.2, 0.25) is 0 Å². The SMILES string of the molecule is Cc1cccnc1NC(=O)c1ccn(C)c(=O)c1. The first-order valence-electron chi connectivity index (χ1n) is 5.47. The molecule has 2 rings (SSSR count). The fourth-order valence-electron chi connectivity index (χ4n) is 1.49. The molecule has 5 nitrogen and oxygen atoms in total. The molecule has 0 fully saturated rings. The average molecular weight is 243 g/mol. The second-order valence-electron chi connectivity index (χ2n) is 3.99. The van der Waals surface area contributed by atoms with Crippen LogP contribution < -0.4 is 10.9 Å². The zero-order valence-electron chi connectivity index (χ0n) is 10.2. The summed E-state index contributed by atoms with van der Waals surface area (Å²) in [5.41, 5.74) is 0.971. The number of anilines is 1. The number of hydrogen-bond acceptors (Lipinski definition) is 3. The Hall–Kier alpha value is -2.43. The minimum atomic E-state index is -0.338. The third-order valence-corrected chi connectivity index (χ3v) is 2.61. The molecule has 1 amide bonds. The standard InChI is InChI=1S/C13H13N3O2/c1-9-4-3-6-14-12(9)15-13(18)10-5-7-16(2)11(17)8-10/h3-8H,1-2H3,(H,14,15,18). The Balaban J connectivity index is 2.25. The lowest BCUT2D eigenvalue weighted by atomic mass is 10.2. The maximum Gasteiger partial charge on any atom is 0.257 e. The zero-order chi connectivity index (χ0) is 13.1. The Morgan fingerprint density at radius 1 is 1.39 bits per heavy atom. The lowest BCUT2D eigenvalue weighted by Gasteiger charge is -2.07. The van der Waals surface area contributed by atoms with Crippen LogP contribution in [0.25, 0.3) is 0 Å². The summed E-state index contributed by atoms with van der Waals surface area (Å²) in [6.07, 6.45) is 3.16. The van der Waals surface area contributed by atoms with Crippen molar-refractivity contribution in [3.8, 4) is 0 Å². The van der Waals surface area contributed by atoms with Crippen LogP contribution in [0.1, 0.15) is 15.9 Å². The predicted octanol–water partition coefficient (Wildman–Crippen LogP) is 1.34. The molecule has 0 aromatic carbocycles. The van der Waals surface area contributed by atoms with E-state index in [4.69, 9.17) is 0 Å². The summed E-state index contributed by atoms with van der Waals surface area (Å²) in [4.78, 5) is 27.4. The van der Waals surface area contributed by atoms with Crippen molar-refractivity contribution in [1.29, 1.82) is 0 Å².